The molecule has 0 fully saturated rings. The van der Waals surface area contributed by atoms with Crippen LogP contribution in [0.5, 0.6) is 0 Å². The largest absolute Gasteiger partial charge is 0.261 e. The van der Waals surface area contributed by atoms with Gasteiger partial charge < -0.3 is 0 Å². The Kier molecular flexibility index (Phi) is 3.73. The number of aliphatic imine (C=N–C) groups is 1. The summed E-state index contributed by atoms with van der Waals surface area (Å²) in [4.78, 5) is 4.36. The summed E-state index contributed by atoms with van der Waals surface area (Å²) in [6.07, 6.45) is 8.29. The quantitative estimate of drug-likeness (QED) is 0.649. The van der Waals surface area contributed by atoms with Gasteiger partial charge in [0.15, 0.2) is 0 Å². The van der Waals surface area contributed by atoms with Crippen LogP contribution in [0.25, 0.3) is 0 Å². The molecular formula is C10H14BrN. The molecule has 0 N–H and O–H groups in total. The molecule has 0 saturated heterocycles. The number of allylic oxidation sites excluding steroid dienone is 3. The van der Waals surface area contributed by atoms with E-state index in [1.807, 2.05) is 19.2 Å². The fourth-order valence-corrected chi connectivity index (χ4v) is 1.67. The van der Waals surface area contributed by atoms with E-state index in [1.54, 1.807) is 0 Å². The molecule has 0 spiro atoms. The Labute approximate surface area is 82.4 Å². The van der Waals surface area contributed by atoms with Crippen molar-refractivity contribution in [1.82, 2.24) is 0 Å². The summed E-state index contributed by atoms with van der Waals surface area (Å²) >= 11 is 3.50. The van der Waals surface area contributed by atoms with E-state index in [9.17, 15) is 0 Å². The van der Waals surface area contributed by atoms with Crippen LogP contribution in [0.3, 0.4) is 0 Å². The van der Waals surface area contributed by atoms with Gasteiger partial charge in [-0.2, -0.15) is 0 Å². The molecule has 0 amide bonds. The summed E-state index contributed by atoms with van der Waals surface area (Å²) in [5.74, 6) is 0.600. The highest BCUT2D eigenvalue weighted by atomic mass is 79.9. The number of hydrogen-bond donors (Lipinski definition) is 0. The molecule has 0 bridgehead atoms. The minimum absolute atomic E-state index is 0.600. The van der Waals surface area contributed by atoms with Gasteiger partial charge in [0.05, 0.1) is 0 Å². The topological polar surface area (TPSA) is 12.4 Å². The van der Waals surface area contributed by atoms with E-state index in [0.29, 0.717) is 5.92 Å². The van der Waals surface area contributed by atoms with Crippen molar-refractivity contribution in [3.63, 3.8) is 0 Å². The molecule has 1 aliphatic rings. The highest BCUT2D eigenvalue weighted by Gasteiger charge is 2.13. The Hall–Kier alpha value is -0.370. The molecule has 12 heavy (non-hydrogen) atoms. The zero-order valence-corrected chi connectivity index (χ0v) is 9.13. The van der Waals surface area contributed by atoms with Crippen LogP contribution >= 0.6 is 15.9 Å². The van der Waals surface area contributed by atoms with E-state index in [2.05, 4.69) is 33.9 Å². The average molecular weight is 228 g/mol. The van der Waals surface area contributed by atoms with E-state index >= 15 is 0 Å². The van der Waals surface area contributed by atoms with Crippen LogP contribution in [0, 0.1) is 5.92 Å². The third kappa shape index (κ3) is 2.59. The van der Waals surface area contributed by atoms with Crippen molar-refractivity contribution < 1.29 is 0 Å². The molecule has 1 rings (SSSR count). The van der Waals surface area contributed by atoms with E-state index in [4.69, 9.17) is 0 Å². The van der Waals surface area contributed by atoms with Crippen molar-refractivity contribution in [3.8, 4) is 0 Å². The second-order valence-corrected chi connectivity index (χ2v) is 4.09. The van der Waals surface area contributed by atoms with Crippen molar-refractivity contribution >= 4 is 21.6 Å². The highest BCUT2D eigenvalue weighted by molar-refractivity contribution is 9.11. The third-order valence-corrected chi connectivity index (χ3v) is 2.62. The smallest absolute Gasteiger partial charge is 0.0439 e. The normalized spacial score (nSPS) is 28.1. The molecule has 0 aromatic rings. The van der Waals surface area contributed by atoms with Crippen molar-refractivity contribution in [1.29, 1.82) is 0 Å². The fraction of sp³-hybridized carbons (Fsp3) is 0.500. The van der Waals surface area contributed by atoms with E-state index in [-0.39, 0.29) is 0 Å². The summed E-state index contributed by atoms with van der Waals surface area (Å²) in [6, 6.07) is 0. The first-order valence-corrected chi connectivity index (χ1v) is 5.08. The van der Waals surface area contributed by atoms with Crippen LogP contribution in [-0.4, -0.2) is 5.71 Å². The van der Waals surface area contributed by atoms with Gasteiger partial charge in [-0.1, -0.05) is 28.9 Å². The summed E-state index contributed by atoms with van der Waals surface area (Å²) in [6.45, 7) is 4.20. The first-order valence-electron chi connectivity index (χ1n) is 4.29. The summed E-state index contributed by atoms with van der Waals surface area (Å²) < 4.78 is 1.27. The molecule has 1 nitrogen and oxygen atoms in total. The molecule has 0 aromatic carbocycles. The van der Waals surface area contributed by atoms with Crippen molar-refractivity contribution in [2.24, 2.45) is 10.9 Å². The van der Waals surface area contributed by atoms with Crippen LogP contribution in [0.2, 0.25) is 0 Å². The molecule has 1 unspecified atom stereocenters. The van der Waals surface area contributed by atoms with Gasteiger partial charge in [-0.05, 0) is 36.2 Å². The lowest BCUT2D eigenvalue weighted by molar-refractivity contribution is 0.680. The third-order valence-electron chi connectivity index (χ3n) is 2.00. The van der Waals surface area contributed by atoms with Crippen LogP contribution in [0.15, 0.2) is 27.8 Å². The first-order chi connectivity index (χ1) is 5.74. The van der Waals surface area contributed by atoms with E-state index < -0.39 is 0 Å². The highest BCUT2D eigenvalue weighted by Crippen LogP contribution is 2.24. The Morgan fingerprint density at radius 3 is 3.08 bits per heavy atom. The maximum absolute atomic E-state index is 4.36. The van der Waals surface area contributed by atoms with Gasteiger partial charge in [0.1, 0.15) is 0 Å². The lowest BCUT2D eigenvalue weighted by Crippen LogP contribution is -2.12. The van der Waals surface area contributed by atoms with E-state index in [0.717, 1.165) is 6.42 Å². The lowest BCUT2D eigenvalue weighted by Gasteiger charge is -2.16. The van der Waals surface area contributed by atoms with Gasteiger partial charge in [0.2, 0.25) is 0 Å². The summed E-state index contributed by atoms with van der Waals surface area (Å²) in [5, 5.41) is 0. The monoisotopic (exact) mass is 227 g/mol. The molecule has 0 saturated carbocycles. The Morgan fingerprint density at radius 2 is 2.42 bits per heavy atom. The minimum Gasteiger partial charge on any atom is -0.261 e. The van der Waals surface area contributed by atoms with E-state index in [1.165, 1.54) is 16.6 Å². The molecule has 66 valence electrons. The zero-order chi connectivity index (χ0) is 8.97. The predicted molar refractivity (Wildman–Crippen MR) is 57.7 cm³/mol. The zero-order valence-electron chi connectivity index (χ0n) is 7.55. The summed E-state index contributed by atoms with van der Waals surface area (Å²) in [7, 11) is 0. The molecule has 2 heteroatoms. The fourth-order valence-electron chi connectivity index (χ4n) is 1.20. The molecule has 0 aromatic heterocycles. The minimum atomic E-state index is 0.600. The van der Waals surface area contributed by atoms with Crippen LogP contribution in [-0.2, 0) is 0 Å². The van der Waals surface area contributed by atoms with Crippen molar-refractivity contribution in [3.05, 3.63) is 22.8 Å². The molecular weight excluding hydrogens is 214 g/mol. The maximum Gasteiger partial charge on any atom is 0.0439 e. The molecule has 0 heterocycles. The average Bonchev–Trinajstić information content (AvgIpc) is 2.07. The second-order valence-electron chi connectivity index (χ2n) is 3.07. The van der Waals surface area contributed by atoms with Crippen LogP contribution in [0.1, 0.15) is 26.7 Å². The molecule has 0 aliphatic heterocycles. The molecule has 1 atom stereocenters. The Bertz CT molecular complexity index is 238. The van der Waals surface area contributed by atoms with Crippen LogP contribution < -0.4 is 0 Å². The maximum atomic E-state index is 4.36. The van der Waals surface area contributed by atoms with Crippen LogP contribution in [0.4, 0.5) is 0 Å². The number of nitrogens with zero attached hydrogens (tertiary/aromatic N) is 1. The predicted octanol–water partition coefficient (Wildman–Crippen LogP) is 3.67. The lowest BCUT2D eigenvalue weighted by atomic mass is 9.94. The van der Waals surface area contributed by atoms with Gasteiger partial charge >= 0.3 is 0 Å². The Morgan fingerprint density at radius 1 is 1.67 bits per heavy atom. The second kappa shape index (κ2) is 4.61. The Balaban J connectivity index is 2.79. The number of hydrogen-bond acceptors (Lipinski definition) is 1. The van der Waals surface area contributed by atoms with Gasteiger partial charge in [-0.15, -0.1) is 0 Å². The number of halogens is 1. The van der Waals surface area contributed by atoms with Gasteiger partial charge in [0.25, 0.3) is 0 Å². The van der Waals surface area contributed by atoms with Gasteiger partial charge in [0, 0.05) is 11.9 Å². The SMILES string of the molecule is C/C=C\N=C1\C=C(Br)CCC1C. The molecule has 1 aliphatic carbocycles. The first kappa shape index (κ1) is 9.72. The summed E-state index contributed by atoms with van der Waals surface area (Å²) in [5.41, 5.74) is 1.19. The number of rotatable bonds is 1. The van der Waals surface area contributed by atoms with Gasteiger partial charge in [-0.25, -0.2) is 0 Å². The van der Waals surface area contributed by atoms with Crippen molar-refractivity contribution in [2.45, 2.75) is 26.7 Å². The standard InChI is InChI=1S/C10H14BrN/c1-3-6-12-10-7-9(11)5-4-8(10)2/h3,6-8H,4-5H2,1-2H3/b6-3-,12-10-. The van der Waals surface area contributed by atoms with Gasteiger partial charge in [-0.3, -0.25) is 4.99 Å². The molecule has 0 radical (unpaired) electrons. The van der Waals surface area contributed by atoms with Crippen molar-refractivity contribution in [2.75, 3.05) is 0 Å².